The fourth-order valence-corrected chi connectivity index (χ4v) is 4.34. The van der Waals surface area contributed by atoms with Gasteiger partial charge in [0.1, 0.15) is 0 Å². The van der Waals surface area contributed by atoms with Gasteiger partial charge in [0.2, 0.25) is 0 Å². The molecule has 0 aliphatic heterocycles. The van der Waals surface area contributed by atoms with Crippen LogP contribution < -0.4 is 5.73 Å². The van der Waals surface area contributed by atoms with Crippen LogP contribution >= 0.6 is 11.6 Å². The SMILES string of the molecule is Nc1cc(Cl)ccc1CS(=O)(=O)c1ccc2c(c1)CCC2. The quantitative estimate of drug-likeness (QED) is 0.881. The van der Waals surface area contributed by atoms with Crippen LogP contribution in [0.4, 0.5) is 5.69 Å². The monoisotopic (exact) mass is 321 g/mol. The van der Waals surface area contributed by atoms with E-state index in [2.05, 4.69) is 0 Å². The van der Waals surface area contributed by atoms with E-state index in [0.717, 1.165) is 24.8 Å². The molecule has 110 valence electrons. The molecule has 3 nitrogen and oxygen atoms in total. The lowest BCUT2D eigenvalue weighted by Gasteiger charge is -2.09. The summed E-state index contributed by atoms with van der Waals surface area (Å²) in [5, 5.41) is 0.506. The third kappa shape index (κ3) is 2.92. The second kappa shape index (κ2) is 5.35. The molecule has 0 saturated heterocycles. The van der Waals surface area contributed by atoms with Gasteiger partial charge in [0, 0.05) is 10.7 Å². The molecule has 2 aromatic rings. The Balaban J connectivity index is 1.93. The zero-order valence-electron chi connectivity index (χ0n) is 11.5. The summed E-state index contributed by atoms with van der Waals surface area (Å²) in [4.78, 5) is 0.373. The van der Waals surface area contributed by atoms with Crippen LogP contribution in [0.25, 0.3) is 0 Å². The summed E-state index contributed by atoms with van der Waals surface area (Å²) >= 11 is 5.84. The standard InChI is InChI=1S/C16H16ClNO2S/c17-14-6-4-13(16(18)9-14)10-21(19,20)15-7-5-11-2-1-3-12(11)8-15/h4-9H,1-3,10,18H2. The van der Waals surface area contributed by atoms with Crippen molar-refractivity contribution < 1.29 is 8.42 Å². The Hall–Kier alpha value is -1.52. The summed E-state index contributed by atoms with van der Waals surface area (Å²) in [5.74, 6) is -0.102. The van der Waals surface area contributed by atoms with E-state index in [1.54, 1.807) is 24.3 Å². The molecule has 0 radical (unpaired) electrons. The maximum atomic E-state index is 12.6. The molecule has 3 rings (SSSR count). The third-order valence-corrected chi connectivity index (χ3v) is 5.78. The first-order valence-electron chi connectivity index (χ1n) is 6.84. The predicted octanol–water partition coefficient (Wildman–Crippen LogP) is 3.38. The van der Waals surface area contributed by atoms with E-state index < -0.39 is 9.84 Å². The van der Waals surface area contributed by atoms with Crippen LogP contribution in [0.15, 0.2) is 41.3 Å². The molecule has 0 heterocycles. The molecule has 2 aromatic carbocycles. The normalized spacial score (nSPS) is 14.1. The summed E-state index contributed by atoms with van der Waals surface area (Å²) in [6.07, 6.45) is 3.10. The highest BCUT2D eigenvalue weighted by Crippen LogP contribution is 2.28. The van der Waals surface area contributed by atoms with Gasteiger partial charge in [-0.15, -0.1) is 0 Å². The number of nitrogen functional groups attached to an aromatic ring is 1. The molecule has 0 fully saturated rings. The lowest BCUT2D eigenvalue weighted by Crippen LogP contribution is -2.07. The number of halogens is 1. The molecule has 1 aliphatic rings. The summed E-state index contributed by atoms with van der Waals surface area (Å²) in [5.41, 5.74) is 9.26. The van der Waals surface area contributed by atoms with Crippen LogP contribution in [0.2, 0.25) is 5.02 Å². The van der Waals surface area contributed by atoms with E-state index in [1.807, 2.05) is 12.1 Å². The smallest absolute Gasteiger partial charge is 0.182 e. The van der Waals surface area contributed by atoms with Crippen molar-refractivity contribution in [2.24, 2.45) is 0 Å². The fourth-order valence-electron chi connectivity index (χ4n) is 2.73. The largest absolute Gasteiger partial charge is 0.398 e. The molecular weight excluding hydrogens is 306 g/mol. The Morgan fingerprint density at radius 2 is 1.81 bits per heavy atom. The Morgan fingerprint density at radius 1 is 1.05 bits per heavy atom. The first-order chi connectivity index (χ1) is 9.95. The minimum absolute atomic E-state index is 0.102. The molecule has 0 bridgehead atoms. The van der Waals surface area contributed by atoms with Crippen LogP contribution in [-0.2, 0) is 28.4 Å². The molecule has 0 unspecified atom stereocenters. The van der Waals surface area contributed by atoms with Crippen molar-refractivity contribution in [1.29, 1.82) is 0 Å². The van der Waals surface area contributed by atoms with E-state index in [9.17, 15) is 8.42 Å². The number of rotatable bonds is 3. The molecule has 5 heteroatoms. The number of sulfone groups is 1. The third-order valence-electron chi connectivity index (χ3n) is 3.88. The number of benzene rings is 2. The Bertz CT molecular complexity index is 800. The molecule has 0 spiro atoms. The number of aryl methyl sites for hydroxylation is 2. The molecule has 21 heavy (non-hydrogen) atoms. The minimum Gasteiger partial charge on any atom is -0.398 e. The van der Waals surface area contributed by atoms with Gasteiger partial charge in [-0.1, -0.05) is 23.7 Å². The second-order valence-electron chi connectivity index (χ2n) is 5.39. The molecule has 1 aliphatic carbocycles. The molecule has 0 atom stereocenters. The molecule has 0 aromatic heterocycles. The number of hydrogen-bond acceptors (Lipinski definition) is 3. The minimum atomic E-state index is -3.39. The van der Waals surface area contributed by atoms with Crippen molar-refractivity contribution in [2.45, 2.75) is 29.9 Å². The topological polar surface area (TPSA) is 60.2 Å². The highest BCUT2D eigenvalue weighted by Gasteiger charge is 2.20. The summed E-state index contributed by atoms with van der Waals surface area (Å²) < 4.78 is 25.1. The van der Waals surface area contributed by atoms with Crippen LogP contribution in [0.3, 0.4) is 0 Å². The van der Waals surface area contributed by atoms with E-state index in [1.165, 1.54) is 5.56 Å². The van der Waals surface area contributed by atoms with E-state index in [4.69, 9.17) is 17.3 Å². The van der Waals surface area contributed by atoms with Gasteiger partial charge in [0.05, 0.1) is 10.6 Å². The highest BCUT2D eigenvalue weighted by atomic mass is 35.5. The maximum Gasteiger partial charge on any atom is 0.182 e. The Labute approximate surface area is 129 Å². The van der Waals surface area contributed by atoms with Gasteiger partial charge < -0.3 is 5.73 Å². The lowest BCUT2D eigenvalue weighted by molar-refractivity contribution is 0.595. The fraction of sp³-hybridized carbons (Fsp3) is 0.250. The predicted molar refractivity (Wildman–Crippen MR) is 85.2 cm³/mol. The maximum absolute atomic E-state index is 12.6. The van der Waals surface area contributed by atoms with Crippen molar-refractivity contribution in [1.82, 2.24) is 0 Å². The van der Waals surface area contributed by atoms with Crippen LogP contribution in [0.1, 0.15) is 23.1 Å². The van der Waals surface area contributed by atoms with Crippen molar-refractivity contribution in [3.05, 3.63) is 58.1 Å². The van der Waals surface area contributed by atoms with Crippen molar-refractivity contribution in [3.63, 3.8) is 0 Å². The van der Waals surface area contributed by atoms with Gasteiger partial charge in [-0.25, -0.2) is 8.42 Å². The zero-order valence-corrected chi connectivity index (χ0v) is 13.0. The Morgan fingerprint density at radius 3 is 2.57 bits per heavy atom. The van der Waals surface area contributed by atoms with Gasteiger partial charge in [0.15, 0.2) is 9.84 Å². The number of hydrogen-bond donors (Lipinski definition) is 1. The second-order valence-corrected chi connectivity index (χ2v) is 7.81. The van der Waals surface area contributed by atoms with Gasteiger partial charge in [-0.2, -0.15) is 0 Å². The molecule has 0 saturated carbocycles. The number of fused-ring (bicyclic) bond motifs is 1. The zero-order chi connectivity index (χ0) is 15.0. The molecule has 2 N–H and O–H groups in total. The molecule has 0 amide bonds. The average molecular weight is 322 g/mol. The van der Waals surface area contributed by atoms with Crippen LogP contribution in [-0.4, -0.2) is 8.42 Å². The molecular formula is C16H16ClNO2S. The lowest BCUT2D eigenvalue weighted by atomic mass is 10.1. The first-order valence-corrected chi connectivity index (χ1v) is 8.87. The average Bonchev–Trinajstić information content (AvgIpc) is 2.89. The van der Waals surface area contributed by atoms with E-state index in [0.29, 0.717) is 21.2 Å². The van der Waals surface area contributed by atoms with E-state index in [-0.39, 0.29) is 5.75 Å². The van der Waals surface area contributed by atoms with E-state index >= 15 is 0 Å². The summed E-state index contributed by atoms with van der Waals surface area (Å²) in [6.45, 7) is 0. The van der Waals surface area contributed by atoms with Crippen LogP contribution in [0.5, 0.6) is 0 Å². The van der Waals surface area contributed by atoms with Crippen LogP contribution in [0, 0.1) is 0 Å². The highest BCUT2D eigenvalue weighted by molar-refractivity contribution is 7.90. The number of anilines is 1. The van der Waals surface area contributed by atoms with Gasteiger partial charge in [-0.05, 0) is 60.2 Å². The summed E-state index contributed by atoms with van der Waals surface area (Å²) in [6, 6.07) is 10.3. The summed E-state index contributed by atoms with van der Waals surface area (Å²) in [7, 11) is -3.39. The Kier molecular flexibility index (Phi) is 3.68. The van der Waals surface area contributed by atoms with Crippen molar-refractivity contribution >= 4 is 27.1 Å². The van der Waals surface area contributed by atoms with Gasteiger partial charge in [0.25, 0.3) is 0 Å². The van der Waals surface area contributed by atoms with Gasteiger partial charge >= 0.3 is 0 Å². The van der Waals surface area contributed by atoms with Crippen molar-refractivity contribution in [2.75, 3.05) is 5.73 Å². The van der Waals surface area contributed by atoms with Crippen molar-refractivity contribution in [3.8, 4) is 0 Å². The first kappa shape index (κ1) is 14.4. The van der Waals surface area contributed by atoms with Gasteiger partial charge in [-0.3, -0.25) is 0 Å². The number of nitrogens with two attached hydrogens (primary N) is 1.